The van der Waals surface area contributed by atoms with Gasteiger partial charge in [-0.25, -0.2) is 4.39 Å². The van der Waals surface area contributed by atoms with Gasteiger partial charge in [0, 0.05) is 10.9 Å². The monoisotopic (exact) mass is 334 g/mol. The summed E-state index contributed by atoms with van der Waals surface area (Å²) in [5.41, 5.74) is 4.45. The Morgan fingerprint density at radius 3 is 2.30 bits per heavy atom. The van der Waals surface area contributed by atoms with Gasteiger partial charge < -0.3 is 0 Å². The number of carbonyl (C=O) groups excluding carboxylic acids is 1. The van der Waals surface area contributed by atoms with Gasteiger partial charge in [-0.15, -0.1) is 0 Å². The highest BCUT2D eigenvalue weighted by molar-refractivity contribution is 9.10. The zero-order valence-electron chi connectivity index (χ0n) is 11.8. The summed E-state index contributed by atoms with van der Waals surface area (Å²) in [6, 6.07) is 8.54. The Morgan fingerprint density at radius 1 is 1.10 bits per heavy atom. The van der Waals surface area contributed by atoms with Crippen molar-refractivity contribution in [2.24, 2.45) is 0 Å². The van der Waals surface area contributed by atoms with Crippen molar-refractivity contribution in [1.82, 2.24) is 0 Å². The Kier molecular flexibility index (Phi) is 4.39. The van der Waals surface area contributed by atoms with Crippen LogP contribution in [0.15, 0.2) is 34.8 Å². The van der Waals surface area contributed by atoms with Crippen LogP contribution in [-0.2, 0) is 6.42 Å². The van der Waals surface area contributed by atoms with Gasteiger partial charge in [0.25, 0.3) is 0 Å². The molecule has 0 aliphatic heterocycles. The molecule has 0 N–H and O–H groups in total. The molecule has 0 unspecified atom stereocenters. The first-order valence-corrected chi connectivity index (χ1v) is 7.22. The molecule has 2 aromatic carbocycles. The number of aryl methyl sites for hydroxylation is 3. The molecule has 0 aliphatic carbocycles. The minimum Gasteiger partial charge on any atom is -0.294 e. The second-order valence-corrected chi connectivity index (χ2v) is 6.02. The molecule has 2 aromatic rings. The molecular formula is C17H16BrFO. The van der Waals surface area contributed by atoms with E-state index in [4.69, 9.17) is 0 Å². The molecule has 0 amide bonds. The van der Waals surface area contributed by atoms with Crippen LogP contribution in [0.4, 0.5) is 4.39 Å². The van der Waals surface area contributed by atoms with Gasteiger partial charge in [0.2, 0.25) is 0 Å². The maximum absolute atomic E-state index is 13.7. The van der Waals surface area contributed by atoms with Crippen LogP contribution in [0.5, 0.6) is 0 Å². The zero-order chi connectivity index (χ0) is 14.9. The van der Waals surface area contributed by atoms with Gasteiger partial charge >= 0.3 is 0 Å². The third-order valence-electron chi connectivity index (χ3n) is 3.41. The summed E-state index contributed by atoms with van der Waals surface area (Å²) < 4.78 is 14.5. The fourth-order valence-corrected chi connectivity index (χ4v) is 2.82. The van der Waals surface area contributed by atoms with Crippen molar-refractivity contribution < 1.29 is 9.18 Å². The first-order valence-electron chi connectivity index (χ1n) is 6.43. The summed E-state index contributed by atoms with van der Waals surface area (Å²) in [5, 5.41) is 0. The summed E-state index contributed by atoms with van der Waals surface area (Å²) in [4.78, 5) is 12.3. The van der Waals surface area contributed by atoms with Crippen LogP contribution < -0.4 is 0 Å². The summed E-state index contributed by atoms with van der Waals surface area (Å²) >= 11 is 3.27. The number of halogens is 2. The lowest BCUT2D eigenvalue weighted by molar-refractivity contribution is 0.0988. The van der Waals surface area contributed by atoms with Crippen molar-refractivity contribution in [3.8, 4) is 0 Å². The first kappa shape index (κ1) is 14.9. The molecule has 0 radical (unpaired) electrons. The highest BCUT2D eigenvalue weighted by Gasteiger charge is 2.15. The summed E-state index contributed by atoms with van der Waals surface area (Å²) in [6.45, 7) is 6.00. The average Bonchev–Trinajstić information content (AvgIpc) is 2.36. The maximum atomic E-state index is 13.7. The van der Waals surface area contributed by atoms with Gasteiger partial charge in [-0.05, 0) is 55.7 Å². The first-order chi connectivity index (χ1) is 9.38. The van der Waals surface area contributed by atoms with E-state index in [0.717, 1.165) is 16.7 Å². The van der Waals surface area contributed by atoms with E-state index in [1.807, 2.05) is 32.9 Å². The van der Waals surface area contributed by atoms with Gasteiger partial charge in [-0.1, -0.05) is 33.6 Å². The van der Waals surface area contributed by atoms with Gasteiger partial charge in [0.15, 0.2) is 5.78 Å². The van der Waals surface area contributed by atoms with Crippen LogP contribution in [0, 0.1) is 26.6 Å². The minimum atomic E-state index is -0.472. The molecule has 2 rings (SSSR count). The lowest BCUT2D eigenvalue weighted by Gasteiger charge is -2.11. The fourth-order valence-electron chi connectivity index (χ4n) is 2.46. The van der Waals surface area contributed by atoms with Crippen molar-refractivity contribution in [3.63, 3.8) is 0 Å². The molecule has 0 fully saturated rings. The van der Waals surface area contributed by atoms with Crippen LogP contribution in [0.1, 0.15) is 32.6 Å². The zero-order valence-corrected chi connectivity index (χ0v) is 13.3. The van der Waals surface area contributed by atoms with Crippen LogP contribution in [-0.4, -0.2) is 5.78 Å². The molecule has 0 bridgehead atoms. The molecule has 0 spiro atoms. The number of ketones is 1. The van der Waals surface area contributed by atoms with Crippen LogP contribution in [0.25, 0.3) is 0 Å². The molecule has 0 heterocycles. The molecule has 104 valence electrons. The standard InChI is InChI=1S/C17H16BrFO/c1-10-6-11(2)14(12(3)7-10)9-17(20)15-8-13(18)4-5-16(15)19/h4-8H,9H2,1-3H3. The van der Waals surface area contributed by atoms with Crippen molar-refractivity contribution >= 4 is 21.7 Å². The number of hydrogen-bond acceptors (Lipinski definition) is 1. The third-order valence-corrected chi connectivity index (χ3v) is 3.90. The highest BCUT2D eigenvalue weighted by Crippen LogP contribution is 2.21. The Bertz CT molecular complexity index is 654. The van der Waals surface area contributed by atoms with Crippen LogP contribution >= 0.6 is 15.9 Å². The largest absolute Gasteiger partial charge is 0.294 e. The van der Waals surface area contributed by atoms with Gasteiger partial charge in [0.1, 0.15) is 5.82 Å². The topological polar surface area (TPSA) is 17.1 Å². The summed E-state index contributed by atoms with van der Waals surface area (Å²) in [6.07, 6.45) is 0.227. The molecule has 0 saturated heterocycles. The number of rotatable bonds is 3. The minimum absolute atomic E-state index is 0.138. The second-order valence-electron chi connectivity index (χ2n) is 5.10. The lowest BCUT2D eigenvalue weighted by atomic mass is 9.94. The van der Waals surface area contributed by atoms with Crippen LogP contribution in [0.3, 0.4) is 0 Å². The summed E-state index contributed by atoms with van der Waals surface area (Å²) in [5.74, 6) is -0.667. The van der Waals surface area contributed by atoms with E-state index in [9.17, 15) is 9.18 Å². The Hall–Kier alpha value is -1.48. The van der Waals surface area contributed by atoms with Gasteiger partial charge in [0.05, 0.1) is 5.56 Å². The molecule has 20 heavy (non-hydrogen) atoms. The van der Waals surface area contributed by atoms with E-state index in [1.165, 1.54) is 17.7 Å². The lowest BCUT2D eigenvalue weighted by Crippen LogP contribution is -2.09. The van der Waals surface area contributed by atoms with Crippen molar-refractivity contribution in [2.45, 2.75) is 27.2 Å². The Labute approximate surface area is 127 Å². The number of hydrogen-bond donors (Lipinski definition) is 0. The summed E-state index contributed by atoms with van der Waals surface area (Å²) in [7, 11) is 0. The van der Waals surface area contributed by atoms with E-state index >= 15 is 0 Å². The molecule has 0 aromatic heterocycles. The fraction of sp³-hybridized carbons (Fsp3) is 0.235. The van der Waals surface area contributed by atoms with E-state index < -0.39 is 5.82 Å². The van der Waals surface area contributed by atoms with Crippen molar-refractivity contribution in [3.05, 3.63) is 68.4 Å². The van der Waals surface area contributed by atoms with E-state index in [2.05, 4.69) is 15.9 Å². The molecule has 3 heteroatoms. The predicted octanol–water partition coefficient (Wildman–Crippen LogP) is 4.94. The molecule has 0 aliphatic rings. The van der Waals surface area contributed by atoms with E-state index in [1.54, 1.807) is 6.07 Å². The normalized spacial score (nSPS) is 10.7. The van der Waals surface area contributed by atoms with E-state index in [-0.39, 0.29) is 17.8 Å². The van der Waals surface area contributed by atoms with Crippen molar-refractivity contribution in [1.29, 1.82) is 0 Å². The maximum Gasteiger partial charge on any atom is 0.170 e. The van der Waals surface area contributed by atoms with E-state index in [0.29, 0.717) is 4.47 Å². The number of Topliss-reactive ketones (excluding diaryl/α,β-unsaturated/α-hetero) is 1. The number of carbonyl (C=O) groups is 1. The Morgan fingerprint density at radius 2 is 1.70 bits per heavy atom. The molecule has 0 saturated carbocycles. The van der Waals surface area contributed by atoms with Crippen LogP contribution in [0.2, 0.25) is 0 Å². The number of benzene rings is 2. The smallest absolute Gasteiger partial charge is 0.170 e. The molecule has 1 nitrogen and oxygen atoms in total. The highest BCUT2D eigenvalue weighted by atomic mass is 79.9. The molecule has 0 atom stereocenters. The van der Waals surface area contributed by atoms with Gasteiger partial charge in [-0.2, -0.15) is 0 Å². The third kappa shape index (κ3) is 3.15. The quantitative estimate of drug-likeness (QED) is 0.726. The van der Waals surface area contributed by atoms with Crippen molar-refractivity contribution in [2.75, 3.05) is 0 Å². The Balaban J connectivity index is 2.35. The average molecular weight is 335 g/mol. The SMILES string of the molecule is Cc1cc(C)c(CC(=O)c2cc(Br)ccc2F)c(C)c1. The predicted molar refractivity (Wildman–Crippen MR) is 82.8 cm³/mol. The second kappa shape index (κ2) is 5.88. The molecular weight excluding hydrogens is 319 g/mol. The van der Waals surface area contributed by atoms with Gasteiger partial charge in [-0.3, -0.25) is 4.79 Å².